The minimum Gasteiger partial charge on any atom is -0.462 e. The van der Waals surface area contributed by atoms with Crippen molar-refractivity contribution in [3.8, 4) is 10.4 Å². The van der Waals surface area contributed by atoms with E-state index in [0.29, 0.717) is 10.4 Å². The third kappa shape index (κ3) is 4.05. The van der Waals surface area contributed by atoms with E-state index in [-0.39, 0.29) is 23.7 Å². The van der Waals surface area contributed by atoms with E-state index in [1.807, 2.05) is 0 Å². The summed E-state index contributed by atoms with van der Waals surface area (Å²) >= 11 is 0.981. The van der Waals surface area contributed by atoms with Crippen LogP contribution in [0, 0.1) is 5.82 Å². The monoisotopic (exact) mass is 352 g/mol. The first kappa shape index (κ1) is 18.3. The summed E-state index contributed by atoms with van der Waals surface area (Å²) in [5.41, 5.74) is 0.556. The minimum absolute atomic E-state index is 0.0219. The largest absolute Gasteiger partial charge is 0.462 e. The number of halogens is 1. The summed E-state index contributed by atoms with van der Waals surface area (Å²) in [5.74, 6) is -1.84. The summed E-state index contributed by atoms with van der Waals surface area (Å²) in [5, 5.41) is 9.75. The maximum absolute atomic E-state index is 13.4. The molecule has 0 aliphatic heterocycles. The molecule has 1 aromatic carbocycles. The lowest BCUT2D eigenvalue weighted by Crippen LogP contribution is -2.24. The zero-order valence-electron chi connectivity index (χ0n) is 13.2. The molecule has 2 aromatic rings. The molecule has 1 heterocycles. The number of thiophene rings is 1. The van der Waals surface area contributed by atoms with E-state index in [9.17, 15) is 19.1 Å². The SMILES string of the molecule is CCOC(=O)c1cc(-c2cccc(F)c2)sc1C(=O)C(O)OCC. The van der Waals surface area contributed by atoms with Crippen LogP contribution < -0.4 is 0 Å². The molecule has 0 radical (unpaired) electrons. The molecule has 2 rings (SSSR count). The highest BCUT2D eigenvalue weighted by atomic mass is 32.1. The molecule has 1 atom stereocenters. The van der Waals surface area contributed by atoms with Crippen LogP contribution >= 0.6 is 11.3 Å². The van der Waals surface area contributed by atoms with E-state index in [0.717, 1.165) is 11.3 Å². The molecule has 0 bridgehead atoms. The van der Waals surface area contributed by atoms with Crippen molar-refractivity contribution in [3.05, 3.63) is 46.6 Å². The van der Waals surface area contributed by atoms with Crippen LogP contribution in [-0.4, -0.2) is 36.4 Å². The quantitative estimate of drug-likeness (QED) is 0.470. The molecule has 0 aliphatic rings. The molecule has 128 valence electrons. The molecule has 5 nitrogen and oxygen atoms in total. The fraction of sp³-hybridized carbons (Fsp3) is 0.294. The first-order valence-electron chi connectivity index (χ1n) is 7.38. The number of benzene rings is 1. The fourth-order valence-electron chi connectivity index (χ4n) is 2.06. The van der Waals surface area contributed by atoms with Gasteiger partial charge in [0, 0.05) is 11.5 Å². The number of carbonyl (C=O) groups is 2. The summed E-state index contributed by atoms with van der Waals surface area (Å²) < 4.78 is 23.3. The number of aliphatic hydroxyl groups excluding tert-OH is 1. The molecule has 0 fully saturated rings. The summed E-state index contributed by atoms with van der Waals surface area (Å²) in [6.07, 6.45) is -1.66. The van der Waals surface area contributed by atoms with Gasteiger partial charge in [-0.25, -0.2) is 9.18 Å². The molecule has 7 heteroatoms. The number of ether oxygens (including phenoxy) is 2. The molecule has 1 N–H and O–H groups in total. The normalized spacial score (nSPS) is 12.0. The van der Waals surface area contributed by atoms with Gasteiger partial charge in [0.1, 0.15) is 5.82 Å². The maximum atomic E-state index is 13.4. The highest BCUT2D eigenvalue weighted by Crippen LogP contribution is 2.33. The first-order valence-corrected chi connectivity index (χ1v) is 8.20. The van der Waals surface area contributed by atoms with Gasteiger partial charge in [0.2, 0.25) is 12.1 Å². The average Bonchev–Trinajstić information content (AvgIpc) is 3.00. The molecule has 0 spiro atoms. The van der Waals surface area contributed by atoms with Crippen molar-refractivity contribution < 1.29 is 28.6 Å². The lowest BCUT2D eigenvalue weighted by atomic mass is 10.1. The van der Waals surface area contributed by atoms with E-state index < -0.39 is 23.9 Å². The van der Waals surface area contributed by atoms with Crippen LogP contribution in [0.1, 0.15) is 33.9 Å². The zero-order valence-corrected chi connectivity index (χ0v) is 14.1. The van der Waals surface area contributed by atoms with Crippen molar-refractivity contribution in [1.82, 2.24) is 0 Å². The van der Waals surface area contributed by atoms with Crippen molar-refractivity contribution in [3.63, 3.8) is 0 Å². The second kappa shape index (κ2) is 8.14. The van der Waals surface area contributed by atoms with Gasteiger partial charge in [0.15, 0.2) is 0 Å². The second-order valence-electron chi connectivity index (χ2n) is 4.76. The molecule has 0 saturated carbocycles. The molecule has 1 aromatic heterocycles. The third-order valence-electron chi connectivity index (χ3n) is 3.11. The predicted octanol–water partition coefficient (Wildman–Crippen LogP) is 3.27. The number of hydrogen-bond donors (Lipinski definition) is 1. The van der Waals surface area contributed by atoms with E-state index >= 15 is 0 Å². The number of aliphatic hydroxyl groups is 1. The lowest BCUT2D eigenvalue weighted by molar-refractivity contribution is -0.0673. The maximum Gasteiger partial charge on any atom is 0.339 e. The summed E-state index contributed by atoms with van der Waals surface area (Å²) in [7, 11) is 0. The summed E-state index contributed by atoms with van der Waals surface area (Å²) in [6, 6.07) is 7.26. The Morgan fingerprint density at radius 2 is 2.00 bits per heavy atom. The predicted molar refractivity (Wildman–Crippen MR) is 87.6 cm³/mol. The third-order valence-corrected chi connectivity index (χ3v) is 4.31. The van der Waals surface area contributed by atoms with Crippen molar-refractivity contribution in [2.24, 2.45) is 0 Å². The smallest absolute Gasteiger partial charge is 0.339 e. The number of ketones is 1. The molecule has 1 unspecified atom stereocenters. The molecule has 0 aliphatic carbocycles. The Morgan fingerprint density at radius 1 is 1.25 bits per heavy atom. The Hall–Kier alpha value is -2.09. The Balaban J connectivity index is 2.47. The van der Waals surface area contributed by atoms with Crippen LogP contribution in [0.15, 0.2) is 30.3 Å². The van der Waals surface area contributed by atoms with Gasteiger partial charge in [-0.05, 0) is 37.6 Å². The molecule has 0 amide bonds. The standard InChI is InChI=1S/C17H17FO5S/c1-3-22-16(20)12-9-13(10-6-5-7-11(18)8-10)24-15(12)14(19)17(21)23-4-2/h5-9,17,21H,3-4H2,1-2H3. The van der Waals surface area contributed by atoms with Crippen molar-refractivity contribution in [2.75, 3.05) is 13.2 Å². The molecular formula is C17H17FO5S. The van der Waals surface area contributed by atoms with Crippen molar-refractivity contribution in [2.45, 2.75) is 20.1 Å². The van der Waals surface area contributed by atoms with Gasteiger partial charge in [-0.15, -0.1) is 11.3 Å². The second-order valence-corrected chi connectivity index (χ2v) is 5.81. The highest BCUT2D eigenvalue weighted by Gasteiger charge is 2.27. The van der Waals surface area contributed by atoms with Crippen LogP contribution in [0.2, 0.25) is 0 Å². The van der Waals surface area contributed by atoms with Crippen LogP contribution in [-0.2, 0) is 9.47 Å². The Labute approximate surface area is 142 Å². The summed E-state index contributed by atoms with van der Waals surface area (Å²) in [6.45, 7) is 3.57. The molecular weight excluding hydrogens is 335 g/mol. The number of hydrogen-bond acceptors (Lipinski definition) is 6. The molecule has 24 heavy (non-hydrogen) atoms. The Bertz CT molecular complexity index is 740. The van der Waals surface area contributed by atoms with E-state index in [2.05, 4.69) is 0 Å². The Morgan fingerprint density at radius 3 is 2.62 bits per heavy atom. The van der Waals surface area contributed by atoms with Gasteiger partial charge in [0.25, 0.3) is 0 Å². The fourth-order valence-corrected chi connectivity index (χ4v) is 3.16. The van der Waals surface area contributed by atoms with Gasteiger partial charge >= 0.3 is 5.97 Å². The molecule has 0 saturated heterocycles. The lowest BCUT2D eigenvalue weighted by Gasteiger charge is -2.09. The van der Waals surface area contributed by atoms with E-state index in [4.69, 9.17) is 9.47 Å². The number of rotatable bonds is 7. The van der Waals surface area contributed by atoms with Crippen molar-refractivity contribution in [1.29, 1.82) is 0 Å². The van der Waals surface area contributed by atoms with E-state index in [1.165, 1.54) is 24.3 Å². The van der Waals surface area contributed by atoms with Crippen LogP contribution in [0.25, 0.3) is 10.4 Å². The van der Waals surface area contributed by atoms with Gasteiger partial charge in [0.05, 0.1) is 17.0 Å². The number of carbonyl (C=O) groups excluding carboxylic acids is 2. The van der Waals surface area contributed by atoms with Gasteiger partial charge < -0.3 is 14.6 Å². The van der Waals surface area contributed by atoms with Gasteiger partial charge in [-0.3, -0.25) is 4.79 Å². The van der Waals surface area contributed by atoms with Crippen LogP contribution in [0.3, 0.4) is 0 Å². The number of esters is 1. The zero-order chi connectivity index (χ0) is 17.7. The summed E-state index contributed by atoms with van der Waals surface area (Å²) in [4.78, 5) is 25.0. The first-order chi connectivity index (χ1) is 11.5. The highest BCUT2D eigenvalue weighted by molar-refractivity contribution is 7.17. The van der Waals surface area contributed by atoms with Crippen molar-refractivity contribution >= 4 is 23.1 Å². The number of Topliss-reactive ketones (excluding diaryl/α,β-unsaturated/α-hetero) is 1. The Kier molecular flexibility index (Phi) is 6.19. The van der Waals surface area contributed by atoms with Crippen LogP contribution in [0.5, 0.6) is 0 Å². The average molecular weight is 352 g/mol. The van der Waals surface area contributed by atoms with Gasteiger partial charge in [-0.2, -0.15) is 0 Å². The van der Waals surface area contributed by atoms with E-state index in [1.54, 1.807) is 19.9 Å². The topological polar surface area (TPSA) is 72.8 Å². The van der Waals surface area contributed by atoms with Crippen LogP contribution in [0.4, 0.5) is 4.39 Å². The minimum atomic E-state index is -1.66. The van der Waals surface area contributed by atoms with Gasteiger partial charge in [-0.1, -0.05) is 12.1 Å².